The number of nitrogens with one attached hydrogen (secondary N) is 1. The Morgan fingerprint density at radius 2 is 2.20 bits per heavy atom. The molecule has 2 aliphatic carbocycles. The quantitative estimate of drug-likeness (QED) is 0.723. The van der Waals surface area contributed by atoms with E-state index in [1.165, 1.54) is 19.3 Å². The van der Waals surface area contributed by atoms with Gasteiger partial charge in [-0.15, -0.1) is 0 Å². The van der Waals surface area contributed by atoms with Gasteiger partial charge in [0.1, 0.15) is 0 Å². The summed E-state index contributed by atoms with van der Waals surface area (Å²) in [5.41, 5.74) is 2.60. The van der Waals surface area contributed by atoms with Gasteiger partial charge in [0.15, 0.2) is 0 Å². The van der Waals surface area contributed by atoms with Crippen LogP contribution in [0.3, 0.4) is 0 Å². The topological polar surface area (TPSA) is 38.3 Å². The predicted molar refractivity (Wildman–Crippen MR) is 57.9 cm³/mol. The Morgan fingerprint density at radius 3 is 2.73 bits per heavy atom. The molecule has 3 heteroatoms. The van der Waals surface area contributed by atoms with Gasteiger partial charge in [-0.05, 0) is 37.0 Å². The highest BCUT2D eigenvalue weighted by molar-refractivity contribution is 5.78. The molecule has 0 spiro atoms. The van der Waals surface area contributed by atoms with Crippen LogP contribution in [0.4, 0.5) is 0 Å². The molecule has 1 amide bonds. The maximum Gasteiger partial charge on any atom is 0.246 e. The molecule has 3 unspecified atom stereocenters. The second-order valence-electron chi connectivity index (χ2n) is 5.45. The van der Waals surface area contributed by atoms with Crippen molar-refractivity contribution < 1.29 is 9.63 Å². The average Bonchev–Trinajstić information content (AvgIpc) is 2.77. The molecule has 15 heavy (non-hydrogen) atoms. The minimum absolute atomic E-state index is 0.114. The first-order valence-corrected chi connectivity index (χ1v) is 6.08. The number of carbonyl (C=O) groups is 1. The fourth-order valence-corrected chi connectivity index (χ4v) is 2.92. The van der Waals surface area contributed by atoms with Crippen molar-refractivity contribution in [2.24, 2.45) is 23.7 Å². The van der Waals surface area contributed by atoms with Gasteiger partial charge < -0.3 is 0 Å². The van der Waals surface area contributed by atoms with Crippen LogP contribution in [0, 0.1) is 23.7 Å². The molecule has 0 aliphatic heterocycles. The number of carbonyl (C=O) groups excluding carboxylic acids is 1. The Morgan fingerprint density at radius 1 is 1.40 bits per heavy atom. The summed E-state index contributed by atoms with van der Waals surface area (Å²) in [6.07, 6.45) is 4.93. The first-order valence-electron chi connectivity index (χ1n) is 6.08. The Hall–Kier alpha value is -0.570. The number of hydroxylamine groups is 1. The van der Waals surface area contributed by atoms with Crippen LogP contribution in [0.5, 0.6) is 0 Å². The van der Waals surface area contributed by atoms with E-state index < -0.39 is 0 Å². The van der Waals surface area contributed by atoms with Crippen molar-refractivity contribution in [2.45, 2.75) is 39.5 Å². The van der Waals surface area contributed by atoms with Crippen LogP contribution in [-0.4, -0.2) is 12.5 Å². The van der Waals surface area contributed by atoms with E-state index in [0.29, 0.717) is 18.4 Å². The van der Waals surface area contributed by atoms with Gasteiger partial charge in [-0.1, -0.05) is 20.3 Å². The zero-order valence-electron chi connectivity index (χ0n) is 9.66. The Kier molecular flexibility index (Phi) is 3.29. The second-order valence-corrected chi connectivity index (χ2v) is 5.45. The zero-order chi connectivity index (χ0) is 10.8. The predicted octanol–water partition coefficient (Wildman–Crippen LogP) is 2.13. The molecule has 86 valence electrons. The Balaban J connectivity index is 1.72. The van der Waals surface area contributed by atoms with E-state index in [2.05, 4.69) is 19.3 Å². The number of rotatable bonds is 4. The minimum Gasteiger partial charge on any atom is -0.273 e. The van der Waals surface area contributed by atoms with Gasteiger partial charge in [0.25, 0.3) is 0 Å². The lowest BCUT2D eigenvalue weighted by molar-refractivity contribution is -0.140. The van der Waals surface area contributed by atoms with E-state index in [0.717, 1.165) is 12.3 Å². The molecule has 2 rings (SSSR count). The lowest BCUT2D eigenvalue weighted by Crippen LogP contribution is -2.34. The summed E-state index contributed by atoms with van der Waals surface area (Å²) in [5, 5.41) is 0. The summed E-state index contributed by atoms with van der Waals surface area (Å²) in [5.74, 6) is 2.26. The van der Waals surface area contributed by atoms with Crippen LogP contribution in [-0.2, 0) is 9.63 Å². The van der Waals surface area contributed by atoms with Gasteiger partial charge in [0, 0.05) is 5.92 Å². The number of hydrogen-bond donors (Lipinski definition) is 1. The second kappa shape index (κ2) is 4.52. The van der Waals surface area contributed by atoms with Gasteiger partial charge in [0.2, 0.25) is 5.91 Å². The molecule has 0 radical (unpaired) electrons. The maximum atomic E-state index is 11.8. The number of amides is 1. The summed E-state index contributed by atoms with van der Waals surface area (Å²) in [4.78, 5) is 17.0. The van der Waals surface area contributed by atoms with Crippen molar-refractivity contribution in [1.82, 2.24) is 5.48 Å². The Bertz CT molecular complexity index is 240. The molecule has 0 heterocycles. The molecule has 0 aromatic rings. The summed E-state index contributed by atoms with van der Waals surface area (Å²) in [6.45, 7) is 4.75. The van der Waals surface area contributed by atoms with Gasteiger partial charge in [-0.25, -0.2) is 5.48 Å². The van der Waals surface area contributed by atoms with Gasteiger partial charge >= 0.3 is 0 Å². The maximum absolute atomic E-state index is 11.8. The molecular formula is C12H21NO2. The molecule has 3 atom stereocenters. The van der Waals surface area contributed by atoms with E-state index >= 15 is 0 Å². The average molecular weight is 211 g/mol. The molecule has 0 saturated heterocycles. The van der Waals surface area contributed by atoms with E-state index in [1.807, 2.05) is 0 Å². The largest absolute Gasteiger partial charge is 0.273 e. The molecule has 2 fully saturated rings. The smallest absolute Gasteiger partial charge is 0.246 e. The molecule has 2 bridgehead atoms. The lowest BCUT2D eigenvalue weighted by Gasteiger charge is -2.20. The third kappa shape index (κ3) is 2.51. The highest BCUT2D eigenvalue weighted by Crippen LogP contribution is 2.48. The molecular weight excluding hydrogens is 190 g/mol. The summed E-state index contributed by atoms with van der Waals surface area (Å²) in [6, 6.07) is 0. The molecule has 0 aromatic heterocycles. The fraction of sp³-hybridized carbons (Fsp3) is 0.917. The minimum atomic E-state index is 0.114. The SMILES string of the molecule is CC(C)CONC(=O)C1CC2CCC1C2. The van der Waals surface area contributed by atoms with Crippen molar-refractivity contribution in [1.29, 1.82) is 0 Å². The zero-order valence-corrected chi connectivity index (χ0v) is 9.66. The van der Waals surface area contributed by atoms with Crippen molar-refractivity contribution in [2.75, 3.05) is 6.61 Å². The molecule has 2 saturated carbocycles. The first kappa shape index (κ1) is 10.9. The summed E-state index contributed by atoms with van der Waals surface area (Å²) < 4.78 is 0. The first-order chi connectivity index (χ1) is 7.16. The van der Waals surface area contributed by atoms with E-state index in [-0.39, 0.29) is 11.8 Å². The summed E-state index contributed by atoms with van der Waals surface area (Å²) in [7, 11) is 0. The van der Waals surface area contributed by atoms with Crippen LogP contribution in [0.15, 0.2) is 0 Å². The highest BCUT2D eigenvalue weighted by Gasteiger charge is 2.43. The monoisotopic (exact) mass is 211 g/mol. The van der Waals surface area contributed by atoms with Crippen molar-refractivity contribution in [3.8, 4) is 0 Å². The normalized spacial score (nSPS) is 33.7. The van der Waals surface area contributed by atoms with Crippen LogP contribution in [0.2, 0.25) is 0 Å². The Labute approximate surface area is 91.5 Å². The van der Waals surface area contributed by atoms with Crippen LogP contribution in [0.25, 0.3) is 0 Å². The van der Waals surface area contributed by atoms with Gasteiger partial charge in [-0.3, -0.25) is 9.63 Å². The van der Waals surface area contributed by atoms with Crippen molar-refractivity contribution in [3.63, 3.8) is 0 Å². The third-order valence-corrected chi connectivity index (χ3v) is 3.66. The van der Waals surface area contributed by atoms with E-state index in [1.54, 1.807) is 0 Å². The van der Waals surface area contributed by atoms with Crippen molar-refractivity contribution in [3.05, 3.63) is 0 Å². The third-order valence-electron chi connectivity index (χ3n) is 3.66. The molecule has 1 N–H and O–H groups in total. The summed E-state index contributed by atoms with van der Waals surface area (Å²) >= 11 is 0. The van der Waals surface area contributed by atoms with Crippen LogP contribution < -0.4 is 5.48 Å². The molecule has 2 aliphatic rings. The van der Waals surface area contributed by atoms with Gasteiger partial charge in [-0.2, -0.15) is 0 Å². The van der Waals surface area contributed by atoms with Crippen LogP contribution >= 0.6 is 0 Å². The van der Waals surface area contributed by atoms with E-state index in [4.69, 9.17) is 4.84 Å². The molecule has 0 aromatic carbocycles. The lowest BCUT2D eigenvalue weighted by atomic mass is 9.88. The number of fused-ring (bicyclic) bond motifs is 2. The van der Waals surface area contributed by atoms with Crippen LogP contribution in [0.1, 0.15) is 39.5 Å². The standard InChI is InChI=1S/C12H21NO2/c1-8(2)7-15-13-12(14)11-6-9-3-4-10(11)5-9/h8-11H,3-7H2,1-2H3,(H,13,14). The van der Waals surface area contributed by atoms with Gasteiger partial charge in [0.05, 0.1) is 6.61 Å². The van der Waals surface area contributed by atoms with Crippen molar-refractivity contribution >= 4 is 5.91 Å². The highest BCUT2D eigenvalue weighted by atomic mass is 16.6. The van der Waals surface area contributed by atoms with E-state index in [9.17, 15) is 4.79 Å². The number of hydrogen-bond acceptors (Lipinski definition) is 2. The fourth-order valence-electron chi connectivity index (χ4n) is 2.92. The molecule has 3 nitrogen and oxygen atoms in total.